The van der Waals surface area contributed by atoms with Crippen molar-refractivity contribution in [2.45, 2.75) is 18.8 Å². The van der Waals surface area contributed by atoms with Crippen LogP contribution in [0.5, 0.6) is 5.75 Å². The summed E-state index contributed by atoms with van der Waals surface area (Å²) in [6, 6.07) is 10.9. The molecule has 0 spiro atoms. The van der Waals surface area contributed by atoms with Crippen LogP contribution < -0.4 is 10.3 Å². The zero-order valence-corrected chi connectivity index (χ0v) is 15.6. The molecule has 28 heavy (non-hydrogen) atoms. The van der Waals surface area contributed by atoms with Gasteiger partial charge in [-0.25, -0.2) is 0 Å². The largest absolute Gasteiger partial charge is 0.497 e. The number of amides is 1. The van der Waals surface area contributed by atoms with Crippen LogP contribution in [0.4, 0.5) is 0 Å². The topological polar surface area (TPSA) is 91.1 Å². The molecule has 1 fully saturated rings. The molecular formula is C21H22N4O3. The van der Waals surface area contributed by atoms with E-state index in [2.05, 4.69) is 15.2 Å². The maximum absolute atomic E-state index is 12.6. The molecule has 0 saturated carbocycles. The molecule has 1 aromatic carbocycles. The number of aromatic nitrogens is 3. The van der Waals surface area contributed by atoms with Gasteiger partial charge >= 0.3 is 0 Å². The first-order chi connectivity index (χ1) is 13.7. The summed E-state index contributed by atoms with van der Waals surface area (Å²) in [5.41, 5.74) is 3.54. The summed E-state index contributed by atoms with van der Waals surface area (Å²) in [7, 11) is 1.66. The predicted octanol–water partition coefficient (Wildman–Crippen LogP) is 2.79. The number of hydrogen-bond acceptors (Lipinski definition) is 4. The highest BCUT2D eigenvalue weighted by Gasteiger charge is 2.27. The lowest BCUT2D eigenvalue weighted by Gasteiger charge is -2.32. The Kier molecular flexibility index (Phi) is 4.97. The number of methoxy groups -OCH3 is 1. The van der Waals surface area contributed by atoms with E-state index in [0.717, 1.165) is 35.4 Å². The van der Waals surface area contributed by atoms with Crippen molar-refractivity contribution in [3.8, 4) is 16.9 Å². The van der Waals surface area contributed by atoms with Gasteiger partial charge in [0.15, 0.2) is 0 Å². The van der Waals surface area contributed by atoms with Gasteiger partial charge in [0, 0.05) is 42.5 Å². The number of nitrogens with one attached hydrogen (secondary N) is 2. The molecule has 7 nitrogen and oxygen atoms in total. The smallest absolute Gasteiger partial charge is 0.255 e. The molecule has 2 N–H and O–H groups in total. The number of nitrogens with zero attached hydrogens (tertiary/aromatic N) is 2. The van der Waals surface area contributed by atoms with Crippen LogP contribution in [0.1, 0.15) is 34.8 Å². The molecule has 3 aromatic rings. The minimum atomic E-state index is -0.209. The maximum Gasteiger partial charge on any atom is 0.255 e. The molecule has 1 aliphatic rings. The lowest BCUT2D eigenvalue weighted by Crippen LogP contribution is -2.38. The van der Waals surface area contributed by atoms with Crippen molar-refractivity contribution < 1.29 is 9.53 Å². The Morgan fingerprint density at radius 1 is 1.21 bits per heavy atom. The Bertz CT molecular complexity index is 1010. The molecule has 0 bridgehead atoms. The lowest BCUT2D eigenvalue weighted by molar-refractivity contribution is 0.0711. The summed E-state index contributed by atoms with van der Waals surface area (Å²) < 4.78 is 5.33. The van der Waals surface area contributed by atoms with E-state index in [0.29, 0.717) is 24.6 Å². The Balaban J connectivity index is 1.47. The van der Waals surface area contributed by atoms with Gasteiger partial charge in [-0.2, -0.15) is 5.10 Å². The Hall–Kier alpha value is -3.35. The van der Waals surface area contributed by atoms with Crippen molar-refractivity contribution in [3.63, 3.8) is 0 Å². The molecule has 1 aliphatic heterocycles. The molecule has 3 heterocycles. The van der Waals surface area contributed by atoms with E-state index in [1.54, 1.807) is 13.2 Å². The molecule has 2 aromatic heterocycles. The van der Waals surface area contributed by atoms with Crippen LogP contribution in [0.2, 0.25) is 0 Å². The second kappa shape index (κ2) is 7.72. The normalized spacial score (nSPS) is 14.8. The highest BCUT2D eigenvalue weighted by atomic mass is 16.5. The number of carbonyl (C=O) groups excluding carboxylic acids is 1. The SMILES string of the molecule is COc1cccc(-c2cn[nH]c2C2CCN(C(=O)c3ccc(=O)[nH]c3)CC2)c1. The van der Waals surface area contributed by atoms with E-state index in [9.17, 15) is 9.59 Å². The monoisotopic (exact) mass is 378 g/mol. The second-order valence-corrected chi connectivity index (χ2v) is 6.94. The van der Waals surface area contributed by atoms with Gasteiger partial charge in [-0.05, 0) is 36.6 Å². The Morgan fingerprint density at radius 3 is 2.75 bits per heavy atom. The van der Waals surface area contributed by atoms with Gasteiger partial charge in [0.2, 0.25) is 5.56 Å². The maximum atomic E-state index is 12.6. The highest BCUT2D eigenvalue weighted by molar-refractivity contribution is 5.93. The van der Waals surface area contributed by atoms with Crippen molar-refractivity contribution in [2.75, 3.05) is 20.2 Å². The van der Waals surface area contributed by atoms with Crippen LogP contribution in [0.25, 0.3) is 11.1 Å². The number of hydrogen-bond donors (Lipinski definition) is 2. The summed E-state index contributed by atoms with van der Waals surface area (Å²) in [6.45, 7) is 1.33. The van der Waals surface area contributed by atoms with Crippen LogP contribution in [-0.4, -0.2) is 46.2 Å². The Labute approximate surface area is 162 Å². The first-order valence-corrected chi connectivity index (χ1v) is 9.31. The standard InChI is InChI=1S/C21H22N4O3/c1-28-17-4-2-3-15(11-17)18-13-23-24-20(18)14-7-9-25(10-8-14)21(27)16-5-6-19(26)22-12-16/h2-6,11-14H,7-10H2,1H3,(H,22,26)(H,23,24). The van der Waals surface area contributed by atoms with Gasteiger partial charge in [0.1, 0.15) is 5.75 Å². The third kappa shape index (κ3) is 3.55. The predicted molar refractivity (Wildman–Crippen MR) is 106 cm³/mol. The van der Waals surface area contributed by atoms with E-state index in [1.165, 1.54) is 12.3 Å². The van der Waals surface area contributed by atoms with Crippen molar-refractivity contribution >= 4 is 5.91 Å². The second-order valence-electron chi connectivity index (χ2n) is 6.94. The van der Waals surface area contributed by atoms with Crippen LogP contribution in [0.15, 0.2) is 53.6 Å². The fourth-order valence-corrected chi connectivity index (χ4v) is 3.73. The first kappa shape index (κ1) is 18.0. The van der Waals surface area contributed by atoms with Crippen molar-refractivity contribution in [3.05, 3.63) is 70.4 Å². The molecule has 0 unspecified atom stereocenters. The molecular weight excluding hydrogens is 356 g/mol. The lowest BCUT2D eigenvalue weighted by atomic mass is 9.89. The molecule has 4 rings (SSSR count). The molecule has 0 aliphatic carbocycles. The third-order valence-corrected chi connectivity index (χ3v) is 5.27. The number of piperidine rings is 1. The zero-order valence-electron chi connectivity index (χ0n) is 15.6. The van der Waals surface area contributed by atoms with Gasteiger partial charge < -0.3 is 14.6 Å². The molecule has 1 amide bonds. The van der Waals surface area contributed by atoms with E-state index in [-0.39, 0.29) is 11.5 Å². The number of H-pyrrole nitrogens is 2. The highest BCUT2D eigenvalue weighted by Crippen LogP contribution is 2.35. The van der Waals surface area contributed by atoms with Gasteiger partial charge in [-0.3, -0.25) is 14.7 Å². The fourth-order valence-electron chi connectivity index (χ4n) is 3.73. The van der Waals surface area contributed by atoms with Crippen LogP contribution >= 0.6 is 0 Å². The van der Waals surface area contributed by atoms with E-state index >= 15 is 0 Å². The van der Waals surface area contributed by atoms with Gasteiger partial charge in [0.05, 0.1) is 18.9 Å². The summed E-state index contributed by atoms with van der Waals surface area (Å²) in [4.78, 5) is 28.2. The van der Waals surface area contributed by atoms with E-state index in [1.807, 2.05) is 35.4 Å². The summed E-state index contributed by atoms with van der Waals surface area (Å²) in [5, 5.41) is 7.42. The van der Waals surface area contributed by atoms with E-state index < -0.39 is 0 Å². The number of rotatable bonds is 4. The fraction of sp³-hybridized carbons (Fsp3) is 0.286. The molecule has 0 radical (unpaired) electrons. The van der Waals surface area contributed by atoms with Crippen molar-refractivity contribution in [2.24, 2.45) is 0 Å². The van der Waals surface area contributed by atoms with Gasteiger partial charge in [-0.15, -0.1) is 0 Å². The average molecular weight is 378 g/mol. The molecule has 144 valence electrons. The number of pyridine rings is 1. The average Bonchev–Trinajstić information content (AvgIpc) is 3.24. The van der Waals surface area contributed by atoms with Crippen molar-refractivity contribution in [1.82, 2.24) is 20.1 Å². The number of aromatic amines is 2. The van der Waals surface area contributed by atoms with Gasteiger partial charge in [0.25, 0.3) is 5.91 Å². The minimum Gasteiger partial charge on any atom is -0.497 e. The first-order valence-electron chi connectivity index (χ1n) is 9.31. The number of benzene rings is 1. The summed E-state index contributed by atoms with van der Waals surface area (Å²) in [5.74, 6) is 1.07. The number of likely N-dealkylation sites (tertiary alicyclic amines) is 1. The molecule has 1 saturated heterocycles. The van der Waals surface area contributed by atoms with Crippen LogP contribution in [0.3, 0.4) is 0 Å². The molecule has 0 atom stereocenters. The number of ether oxygens (including phenoxy) is 1. The van der Waals surface area contributed by atoms with Crippen LogP contribution in [0, 0.1) is 0 Å². The molecule has 7 heteroatoms. The summed E-state index contributed by atoms with van der Waals surface area (Å²) >= 11 is 0. The quantitative estimate of drug-likeness (QED) is 0.730. The van der Waals surface area contributed by atoms with Crippen molar-refractivity contribution in [1.29, 1.82) is 0 Å². The Morgan fingerprint density at radius 2 is 2.04 bits per heavy atom. The van der Waals surface area contributed by atoms with E-state index in [4.69, 9.17) is 4.74 Å². The number of carbonyl (C=O) groups is 1. The minimum absolute atomic E-state index is 0.0488. The summed E-state index contributed by atoms with van der Waals surface area (Å²) in [6.07, 6.45) is 5.04. The zero-order chi connectivity index (χ0) is 19.5. The van der Waals surface area contributed by atoms with Gasteiger partial charge in [-0.1, -0.05) is 12.1 Å². The van der Waals surface area contributed by atoms with Crippen LogP contribution in [-0.2, 0) is 0 Å². The third-order valence-electron chi connectivity index (χ3n) is 5.27.